The molecule has 0 spiro atoms. The summed E-state index contributed by atoms with van der Waals surface area (Å²) < 4.78 is 3.64. The number of nitrogens with one attached hydrogen (secondary N) is 1. The number of imidazole rings is 1. The largest absolute Gasteiger partial charge is 0.326 e. The number of hydrogen-bond acceptors (Lipinski definition) is 4. The molecule has 0 saturated carbocycles. The fourth-order valence-corrected chi connectivity index (χ4v) is 2.18. The van der Waals surface area contributed by atoms with Gasteiger partial charge in [-0.15, -0.1) is 0 Å². The normalized spacial score (nSPS) is 11.2. The lowest BCUT2D eigenvalue weighted by Gasteiger charge is -2.11. The number of H-pyrrole nitrogens is 1. The monoisotopic (exact) mass is 284 g/mol. The van der Waals surface area contributed by atoms with Crippen molar-refractivity contribution < 1.29 is 0 Å². The van der Waals surface area contributed by atoms with E-state index >= 15 is 0 Å². The molecule has 108 valence electrons. The Balaban J connectivity index is 2.14. The molecule has 3 aromatic heterocycles. The average molecular weight is 284 g/mol. The predicted octanol–water partition coefficient (Wildman–Crippen LogP) is 1.61. The van der Waals surface area contributed by atoms with Crippen LogP contribution in [0, 0.1) is 0 Å². The standard InChI is InChI=1S/C14H16N6O/c1-9(2)20-8-15-6-12(20)14-17-11(4-13(21)18-14)10-5-16-19(3)7-10/h4-9H,1-3H3,(H,17,18,21). The van der Waals surface area contributed by atoms with Gasteiger partial charge in [0.15, 0.2) is 5.82 Å². The molecule has 0 saturated heterocycles. The lowest BCUT2D eigenvalue weighted by Crippen LogP contribution is -2.11. The van der Waals surface area contributed by atoms with Gasteiger partial charge in [0.2, 0.25) is 0 Å². The Morgan fingerprint density at radius 3 is 2.76 bits per heavy atom. The summed E-state index contributed by atoms with van der Waals surface area (Å²) >= 11 is 0. The first kappa shape index (κ1) is 13.3. The van der Waals surface area contributed by atoms with Crippen molar-refractivity contribution in [3.05, 3.63) is 41.3 Å². The van der Waals surface area contributed by atoms with Crippen molar-refractivity contribution in [1.29, 1.82) is 0 Å². The number of aryl methyl sites for hydroxylation is 1. The molecule has 0 atom stereocenters. The molecular weight excluding hydrogens is 268 g/mol. The van der Waals surface area contributed by atoms with Crippen LogP contribution in [0.3, 0.4) is 0 Å². The van der Waals surface area contributed by atoms with Gasteiger partial charge in [-0.25, -0.2) is 9.97 Å². The number of aromatic amines is 1. The average Bonchev–Trinajstić information content (AvgIpc) is 3.06. The van der Waals surface area contributed by atoms with Gasteiger partial charge in [0.05, 0.1) is 24.4 Å². The van der Waals surface area contributed by atoms with Gasteiger partial charge in [0, 0.05) is 30.9 Å². The summed E-state index contributed by atoms with van der Waals surface area (Å²) in [7, 11) is 1.82. The zero-order valence-electron chi connectivity index (χ0n) is 12.1. The van der Waals surface area contributed by atoms with E-state index in [9.17, 15) is 4.79 Å². The lowest BCUT2D eigenvalue weighted by molar-refractivity contribution is 0.603. The highest BCUT2D eigenvalue weighted by atomic mass is 16.1. The van der Waals surface area contributed by atoms with Crippen molar-refractivity contribution in [2.24, 2.45) is 7.05 Å². The van der Waals surface area contributed by atoms with E-state index in [4.69, 9.17) is 0 Å². The Morgan fingerprint density at radius 2 is 2.10 bits per heavy atom. The predicted molar refractivity (Wildman–Crippen MR) is 78.7 cm³/mol. The Kier molecular flexibility index (Phi) is 3.17. The van der Waals surface area contributed by atoms with Crippen LogP contribution in [-0.4, -0.2) is 29.3 Å². The number of aromatic nitrogens is 6. The van der Waals surface area contributed by atoms with Gasteiger partial charge in [-0.05, 0) is 13.8 Å². The molecule has 0 bridgehead atoms. The minimum atomic E-state index is -0.199. The van der Waals surface area contributed by atoms with Crippen LogP contribution in [0.2, 0.25) is 0 Å². The molecule has 0 aliphatic rings. The summed E-state index contributed by atoms with van der Waals surface area (Å²) in [5.41, 5.74) is 1.99. The molecule has 7 heteroatoms. The summed E-state index contributed by atoms with van der Waals surface area (Å²) in [6, 6.07) is 1.70. The number of rotatable bonds is 3. The zero-order chi connectivity index (χ0) is 15.0. The van der Waals surface area contributed by atoms with Crippen molar-refractivity contribution in [1.82, 2.24) is 29.3 Å². The third kappa shape index (κ3) is 2.49. The fraction of sp³-hybridized carbons (Fsp3) is 0.286. The van der Waals surface area contributed by atoms with Crippen molar-refractivity contribution in [2.45, 2.75) is 19.9 Å². The quantitative estimate of drug-likeness (QED) is 0.792. The van der Waals surface area contributed by atoms with Gasteiger partial charge in [0.25, 0.3) is 5.56 Å². The second kappa shape index (κ2) is 5.01. The maximum atomic E-state index is 11.9. The van der Waals surface area contributed by atoms with Crippen molar-refractivity contribution >= 4 is 0 Å². The molecule has 7 nitrogen and oxygen atoms in total. The van der Waals surface area contributed by atoms with Gasteiger partial charge in [-0.2, -0.15) is 5.10 Å². The highest BCUT2D eigenvalue weighted by Gasteiger charge is 2.12. The van der Waals surface area contributed by atoms with Crippen LogP contribution in [0.4, 0.5) is 0 Å². The van der Waals surface area contributed by atoms with Crippen LogP contribution >= 0.6 is 0 Å². The van der Waals surface area contributed by atoms with Crippen LogP contribution in [-0.2, 0) is 7.05 Å². The zero-order valence-corrected chi connectivity index (χ0v) is 12.1. The molecule has 0 aliphatic carbocycles. The fourth-order valence-electron chi connectivity index (χ4n) is 2.18. The van der Waals surface area contributed by atoms with Crippen LogP contribution in [0.25, 0.3) is 22.8 Å². The summed E-state index contributed by atoms with van der Waals surface area (Å²) in [4.78, 5) is 23.4. The van der Waals surface area contributed by atoms with Crippen LogP contribution in [0.15, 0.2) is 35.8 Å². The minimum absolute atomic E-state index is 0.199. The maximum Gasteiger partial charge on any atom is 0.251 e. The second-order valence-corrected chi connectivity index (χ2v) is 5.16. The van der Waals surface area contributed by atoms with E-state index in [1.165, 1.54) is 6.07 Å². The molecule has 3 aromatic rings. The van der Waals surface area contributed by atoms with Gasteiger partial charge in [0.1, 0.15) is 5.69 Å². The minimum Gasteiger partial charge on any atom is -0.326 e. The first-order valence-electron chi connectivity index (χ1n) is 6.67. The molecule has 0 fully saturated rings. The van der Waals surface area contributed by atoms with E-state index in [2.05, 4.69) is 20.1 Å². The van der Waals surface area contributed by atoms with E-state index in [0.29, 0.717) is 11.5 Å². The molecule has 3 heterocycles. The van der Waals surface area contributed by atoms with Gasteiger partial charge in [-0.1, -0.05) is 0 Å². The number of hydrogen-bond donors (Lipinski definition) is 1. The van der Waals surface area contributed by atoms with Gasteiger partial charge < -0.3 is 9.55 Å². The van der Waals surface area contributed by atoms with Crippen LogP contribution in [0.5, 0.6) is 0 Å². The molecule has 0 aromatic carbocycles. The Bertz CT molecular complexity index is 826. The Labute approximate surface area is 121 Å². The first-order chi connectivity index (χ1) is 10.0. The van der Waals surface area contributed by atoms with E-state index < -0.39 is 0 Å². The Morgan fingerprint density at radius 1 is 1.29 bits per heavy atom. The van der Waals surface area contributed by atoms with Crippen molar-refractivity contribution in [3.8, 4) is 22.8 Å². The number of nitrogens with zero attached hydrogens (tertiary/aromatic N) is 5. The summed E-state index contributed by atoms with van der Waals surface area (Å²) in [6.07, 6.45) is 6.94. The maximum absolute atomic E-state index is 11.9. The third-order valence-electron chi connectivity index (χ3n) is 3.21. The second-order valence-electron chi connectivity index (χ2n) is 5.16. The molecular formula is C14H16N6O. The Hall–Kier alpha value is -2.70. The summed E-state index contributed by atoms with van der Waals surface area (Å²) in [6.45, 7) is 4.10. The lowest BCUT2D eigenvalue weighted by atomic mass is 10.2. The van der Waals surface area contributed by atoms with Crippen molar-refractivity contribution in [3.63, 3.8) is 0 Å². The molecule has 0 radical (unpaired) electrons. The SMILES string of the molecule is CC(C)n1cncc1-c1nc(-c2cnn(C)c2)cc(=O)[nH]1. The highest BCUT2D eigenvalue weighted by molar-refractivity contribution is 5.60. The summed E-state index contributed by atoms with van der Waals surface area (Å²) in [5.74, 6) is 0.507. The smallest absolute Gasteiger partial charge is 0.251 e. The molecule has 3 rings (SSSR count). The van der Waals surface area contributed by atoms with E-state index in [0.717, 1.165) is 11.3 Å². The van der Waals surface area contributed by atoms with Crippen LogP contribution in [0.1, 0.15) is 19.9 Å². The third-order valence-corrected chi connectivity index (χ3v) is 3.21. The molecule has 1 N–H and O–H groups in total. The van der Waals surface area contributed by atoms with E-state index in [-0.39, 0.29) is 11.6 Å². The van der Waals surface area contributed by atoms with E-state index in [1.54, 1.807) is 23.4 Å². The van der Waals surface area contributed by atoms with Crippen molar-refractivity contribution in [2.75, 3.05) is 0 Å². The topological polar surface area (TPSA) is 81.4 Å². The molecule has 0 amide bonds. The van der Waals surface area contributed by atoms with E-state index in [1.807, 2.05) is 31.7 Å². The van der Waals surface area contributed by atoms with Crippen LogP contribution < -0.4 is 5.56 Å². The van der Waals surface area contributed by atoms with Gasteiger partial charge in [-0.3, -0.25) is 9.48 Å². The highest BCUT2D eigenvalue weighted by Crippen LogP contribution is 2.21. The van der Waals surface area contributed by atoms with Gasteiger partial charge >= 0.3 is 0 Å². The molecule has 0 aliphatic heterocycles. The molecule has 21 heavy (non-hydrogen) atoms. The summed E-state index contributed by atoms with van der Waals surface area (Å²) in [5, 5.41) is 4.11. The molecule has 0 unspecified atom stereocenters. The first-order valence-corrected chi connectivity index (χ1v) is 6.67.